The number of aryl methyl sites for hydroxylation is 1. The fourth-order valence-electron chi connectivity index (χ4n) is 4.39. The molecule has 31 heavy (non-hydrogen) atoms. The minimum absolute atomic E-state index is 0.0836. The van der Waals surface area contributed by atoms with E-state index < -0.39 is 0 Å². The van der Waals surface area contributed by atoms with Gasteiger partial charge in [-0.1, -0.05) is 24.3 Å². The molecule has 1 aromatic rings. The molecule has 1 aliphatic carbocycles. The van der Waals surface area contributed by atoms with Gasteiger partial charge in [0, 0.05) is 45.9 Å². The number of carbonyl (C=O) groups is 1. The fraction of sp³-hybridized carbons (Fsp3) is 0.667. The molecule has 7 heteroatoms. The average Bonchev–Trinajstić information content (AvgIpc) is 2.80. The quantitative estimate of drug-likeness (QED) is 0.319. The monoisotopic (exact) mass is 429 g/mol. The summed E-state index contributed by atoms with van der Waals surface area (Å²) in [6.45, 7) is 6.77. The molecule has 1 amide bonds. The van der Waals surface area contributed by atoms with Gasteiger partial charge in [-0.2, -0.15) is 0 Å². The highest BCUT2D eigenvalue weighted by Crippen LogP contribution is 2.32. The second kappa shape index (κ2) is 12.7. The summed E-state index contributed by atoms with van der Waals surface area (Å²) >= 11 is 0. The highest BCUT2D eigenvalue weighted by atomic mass is 16.5. The number of aliphatic imine (C=N–C) groups is 1. The van der Waals surface area contributed by atoms with Crippen LogP contribution in [0.2, 0.25) is 0 Å². The Morgan fingerprint density at radius 3 is 2.81 bits per heavy atom. The summed E-state index contributed by atoms with van der Waals surface area (Å²) in [7, 11) is 1.69. The van der Waals surface area contributed by atoms with Crippen molar-refractivity contribution in [2.75, 3.05) is 46.4 Å². The molecule has 0 spiro atoms. The minimum Gasteiger partial charge on any atom is -0.373 e. The number of benzene rings is 1. The number of guanidine groups is 1. The van der Waals surface area contributed by atoms with E-state index in [1.807, 2.05) is 0 Å². The average molecular weight is 430 g/mol. The van der Waals surface area contributed by atoms with E-state index in [1.54, 1.807) is 7.05 Å². The molecule has 1 aliphatic heterocycles. The van der Waals surface area contributed by atoms with E-state index >= 15 is 0 Å². The van der Waals surface area contributed by atoms with Gasteiger partial charge in [-0.25, -0.2) is 0 Å². The van der Waals surface area contributed by atoms with Gasteiger partial charge in [0.2, 0.25) is 5.91 Å². The molecule has 0 aromatic heterocycles. The number of hydrogen-bond acceptors (Lipinski definition) is 4. The van der Waals surface area contributed by atoms with E-state index in [2.05, 4.69) is 52.0 Å². The van der Waals surface area contributed by atoms with Gasteiger partial charge in [0.25, 0.3) is 0 Å². The van der Waals surface area contributed by atoms with Crippen LogP contribution in [0.3, 0.4) is 0 Å². The molecule has 1 aromatic carbocycles. The van der Waals surface area contributed by atoms with Crippen LogP contribution < -0.4 is 16.0 Å². The van der Waals surface area contributed by atoms with Crippen molar-refractivity contribution in [3.63, 3.8) is 0 Å². The largest absolute Gasteiger partial charge is 0.373 e. The lowest BCUT2D eigenvalue weighted by atomic mass is 9.89. The Hall–Kier alpha value is -2.12. The lowest BCUT2D eigenvalue weighted by Gasteiger charge is -2.32. The number of piperidine rings is 1. The highest BCUT2D eigenvalue weighted by molar-refractivity contribution is 5.80. The summed E-state index contributed by atoms with van der Waals surface area (Å²) in [5.74, 6) is 0.968. The number of nitrogens with zero attached hydrogens (tertiary/aromatic N) is 2. The van der Waals surface area contributed by atoms with Crippen LogP contribution in [0.5, 0.6) is 0 Å². The third-order valence-corrected chi connectivity index (χ3v) is 6.12. The third kappa shape index (κ3) is 7.51. The Labute approximate surface area is 187 Å². The van der Waals surface area contributed by atoms with Gasteiger partial charge in [-0.3, -0.25) is 14.7 Å². The second-order valence-corrected chi connectivity index (χ2v) is 8.43. The number of hydrogen-bond donors (Lipinski definition) is 3. The van der Waals surface area contributed by atoms with Gasteiger partial charge in [-0.05, 0) is 56.6 Å². The first kappa shape index (κ1) is 23.5. The van der Waals surface area contributed by atoms with E-state index in [1.165, 1.54) is 24.0 Å². The lowest BCUT2D eigenvalue weighted by molar-refractivity contribution is -0.122. The molecular formula is C24H39N5O2. The standard InChI is InChI=1S/C24H39N5O2/c1-3-26-24(28-20-12-15-29(16-13-20)18-23(30)25-2)27-14-7-17-31-22-11-6-9-19-8-4-5-10-21(19)22/h4-5,8,10,20,22H,3,6-7,9,11-18H2,1-2H3,(H,25,30)(H2,26,27,28). The topological polar surface area (TPSA) is 78.0 Å². The molecule has 1 saturated heterocycles. The van der Waals surface area contributed by atoms with Crippen molar-refractivity contribution >= 4 is 11.9 Å². The number of nitrogens with one attached hydrogen (secondary N) is 3. The molecule has 2 aliphatic rings. The first-order valence-corrected chi connectivity index (χ1v) is 11.9. The summed E-state index contributed by atoms with van der Waals surface area (Å²) in [6, 6.07) is 9.07. The number of likely N-dealkylation sites (tertiary alicyclic amines) is 1. The number of fused-ring (bicyclic) bond motifs is 1. The first-order chi connectivity index (χ1) is 15.2. The van der Waals surface area contributed by atoms with E-state index in [0.717, 1.165) is 64.4 Å². The SMILES string of the molecule is CCNC(=NCCCOC1CCCc2ccccc21)NC1CCN(CC(=O)NC)CC1. The zero-order chi connectivity index (χ0) is 21.9. The fourth-order valence-corrected chi connectivity index (χ4v) is 4.39. The summed E-state index contributed by atoms with van der Waals surface area (Å²) in [4.78, 5) is 18.5. The molecule has 3 N–H and O–H groups in total. The second-order valence-electron chi connectivity index (χ2n) is 8.43. The summed E-state index contributed by atoms with van der Waals surface area (Å²) in [5.41, 5.74) is 2.81. The normalized spacial score (nSPS) is 20.2. The van der Waals surface area contributed by atoms with Gasteiger partial charge < -0.3 is 20.7 Å². The summed E-state index contributed by atoms with van der Waals surface area (Å²) < 4.78 is 6.21. The number of likely N-dealkylation sites (N-methyl/N-ethyl adjacent to an activating group) is 1. The maximum atomic E-state index is 11.6. The number of amides is 1. The highest BCUT2D eigenvalue weighted by Gasteiger charge is 2.22. The van der Waals surface area contributed by atoms with Crippen LogP contribution in [0, 0.1) is 0 Å². The van der Waals surface area contributed by atoms with Crippen molar-refractivity contribution in [3.05, 3.63) is 35.4 Å². The predicted molar refractivity (Wildman–Crippen MR) is 125 cm³/mol. The smallest absolute Gasteiger partial charge is 0.233 e. The minimum atomic E-state index is 0.0836. The molecule has 0 bridgehead atoms. The zero-order valence-corrected chi connectivity index (χ0v) is 19.2. The van der Waals surface area contributed by atoms with Gasteiger partial charge in [0.05, 0.1) is 12.6 Å². The molecule has 1 unspecified atom stereocenters. The van der Waals surface area contributed by atoms with Crippen molar-refractivity contribution in [1.29, 1.82) is 0 Å². The zero-order valence-electron chi connectivity index (χ0n) is 19.2. The molecule has 172 valence electrons. The maximum Gasteiger partial charge on any atom is 0.233 e. The van der Waals surface area contributed by atoms with Crippen molar-refractivity contribution in [1.82, 2.24) is 20.9 Å². The van der Waals surface area contributed by atoms with E-state index in [9.17, 15) is 4.79 Å². The molecule has 7 nitrogen and oxygen atoms in total. The van der Waals surface area contributed by atoms with Gasteiger partial charge in [0.1, 0.15) is 0 Å². The van der Waals surface area contributed by atoms with E-state index in [4.69, 9.17) is 9.73 Å². The Bertz CT molecular complexity index is 716. The Balaban J connectivity index is 1.38. The summed E-state index contributed by atoms with van der Waals surface area (Å²) in [5, 5.41) is 9.62. The van der Waals surface area contributed by atoms with Crippen LogP contribution in [0.15, 0.2) is 29.3 Å². The van der Waals surface area contributed by atoms with E-state index in [0.29, 0.717) is 12.6 Å². The Morgan fingerprint density at radius 1 is 1.23 bits per heavy atom. The van der Waals surface area contributed by atoms with Crippen LogP contribution in [0.4, 0.5) is 0 Å². The lowest BCUT2D eigenvalue weighted by Crippen LogP contribution is -2.50. The predicted octanol–water partition coefficient (Wildman–Crippen LogP) is 2.24. The van der Waals surface area contributed by atoms with Crippen molar-refractivity contribution in [3.8, 4) is 0 Å². The number of rotatable bonds is 9. The summed E-state index contributed by atoms with van der Waals surface area (Å²) in [6.07, 6.45) is 6.68. The van der Waals surface area contributed by atoms with Crippen molar-refractivity contribution in [2.45, 2.75) is 57.6 Å². The first-order valence-electron chi connectivity index (χ1n) is 11.9. The van der Waals surface area contributed by atoms with Crippen LogP contribution in [-0.2, 0) is 16.0 Å². The molecule has 1 atom stereocenters. The van der Waals surface area contributed by atoms with E-state index in [-0.39, 0.29) is 12.0 Å². The molecular weight excluding hydrogens is 390 g/mol. The van der Waals surface area contributed by atoms with Crippen molar-refractivity contribution in [2.24, 2.45) is 4.99 Å². The van der Waals surface area contributed by atoms with Gasteiger partial charge in [0.15, 0.2) is 5.96 Å². The maximum absolute atomic E-state index is 11.6. The van der Waals surface area contributed by atoms with Crippen molar-refractivity contribution < 1.29 is 9.53 Å². The number of carbonyl (C=O) groups excluding carboxylic acids is 1. The van der Waals surface area contributed by atoms with Gasteiger partial charge >= 0.3 is 0 Å². The molecule has 1 heterocycles. The molecule has 1 fully saturated rings. The van der Waals surface area contributed by atoms with Crippen LogP contribution in [0.1, 0.15) is 56.3 Å². The Kier molecular flexibility index (Phi) is 9.62. The van der Waals surface area contributed by atoms with Crippen LogP contribution in [0.25, 0.3) is 0 Å². The van der Waals surface area contributed by atoms with Crippen LogP contribution in [-0.4, -0.2) is 69.2 Å². The van der Waals surface area contributed by atoms with Gasteiger partial charge in [-0.15, -0.1) is 0 Å². The molecule has 3 rings (SSSR count). The molecule has 0 saturated carbocycles. The third-order valence-electron chi connectivity index (χ3n) is 6.12. The number of ether oxygens (including phenoxy) is 1. The van der Waals surface area contributed by atoms with Crippen LogP contribution >= 0.6 is 0 Å². The Morgan fingerprint density at radius 2 is 2.03 bits per heavy atom. The molecule has 0 radical (unpaired) electrons.